The molecule has 0 radical (unpaired) electrons. The Morgan fingerprint density at radius 3 is 2.80 bits per heavy atom. The summed E-state index contributed by atoms with van der Waals surface area (Å²) in [5, 5.41) is 8.63. The van der Waals surface area contributed by atoms with Crippen molar-refractivity contribution in [2.24, 2.45) is 0 Å². The molecular formula is C11H14O4. The number of carbonyl (C=O) groups is 1. The van der Waals surface area contributed by atoms with Crippen LogP contribution in [-0.4, -0.2) is 31.4 Å². The van der Waals surface area contributed by atoms with E-state index in [1.165, 1.54) is 7.11 Å². The van der Waals surface area contributed by atoms with Crippen LogP contribution in [0.2, 0.25) is 0 Å². The van der Waals surface area contributed by atoms with Crippen molar-refractivity contribution >= 4 is 5.97 Å². The van der Waals surface area contributed by atoms with Gasteiger partial charge in [-0.3, -0.25) is 0 Å². The van der Waals surface area contributed by atoms with Gasteiger partial charge in [-0.1, -0.05) is 11.6 Å². The number of carbonyl (C=O) groups excluding carboxylic acids is 1. The van der Waals surface area contributed by atoms with E-state index in [0.717, 1.165) is 5.56 Å². The molecule has 0 atom stereocenters. The molecule has 4 nitrogen and oxygen atoms in total. The standard InChI is InChI=1S/C11H14O4/c1-8-3-4-10(15-6-5-12)9(7-8)11(13)14-2/h3-4,7,12H,5-6H2,1-2H3. The molecule has 0 amide bonds. The molecule has 0 saturated heterocycles. The van der Waals surface area contributed by atoms with Crippen LogP contribution in [0.25, 0.3) is 0 Å². The van der Waals surface area contributed by atoms with Crippen LogP contribution in [0, 0.1) is 6.92 Å². The lowest BCUT2D eigenvalue weighted by Gasteiger charge is -2.09. The molecular weight excluding hydrogens is 196 g/mol. The highest BCUT2D eigenvalue weighted by molar-refractivity contribution is 5.92. The summed E-state index contributed by atoms with van der Waals surface area (Å²) in [4.78, 5) is 11.4. The Kier molecular flexibility index (Phi) is 4.12. The average molecular weight is 210 g/mol. The molecule has 0 aliphatic carbocycles. The molecule has 0 fully saturated rings. The van der Waals surface area contributed by atoms with Crippen molar-refractivity contribution in [2.45, 2.75) is 6.92 Å². The number of ether oxygens (including phenoxy) is 2. The number of rotatable bonds is 4. The molecule has 0 aromatic heterocycles. The fourth-order valence-electron chi connectivity index (χ4n) is 1.19. The maximum atomic E-state index is 11.4. The second-order valence-electron chi connectivity index (χ2n) is 3.06. The Balaban J connectivity index is 2.97. The second-order valence-corrected chi connectivity index (χ2v) is 3.06. The summed E-state index contributed by atoms with van der Waals surface area (Å²) in [6, 6.07) is 5.22. The fraction of sp³-hybridized carbons (Fsp3) is 0.364. The molecule has 15 heavy (non-hydrogen) atoms. The maximum absolute atomic E-state index is 11.4. The molecule has 0 aliphatic heterocycles. The van der Waals surface area contributed by atoms with Crippen LogP contribution in [0.1, 0.15) is 15.9 Å². The molecule has 1 aromatic rings. The second kappa shape index (κ2) is 5.36. The Bertz CT molecular complexity index is 346. The summed E-state index contributed by atoms with van der Waals surface area (Å²) in [7, 11) is 1.32. The minimum atomic E-state index is -0.438. The van der Waals surface area contributed by atoms with E-state index in [2.05, 4.69) is 4.74 Å². The van der Waals surface area contributed by atoms with E-state index in [9.17, 15) is 4.79 Å². The van der Waals surface area contributed by atoms with Gasteiger partial charge < -0.3 is 14.6 Å². The number of aliphatic hydroxyl groups is 1. The van der Waals surface area contributed by atoms with Crippen molar-refractivity contribution < 1.29 is 19.4 Å². The third kappa shape index (κ3) is 2.95. The summed E-state index contributed by atoms with van der Waals surface area (Å²) in [5.41, 5.74) is 1.33. The zero-order chi connectivity index (χ0) is 11.3. The zero-order valence-electron chi connectivity index (χ0n) is 8.82. The predicted octanol–water partition coefficient (Wildman–Crippen LogP) is 1.15. The summed E-state index contributed by atoms with van der Waals surface area (Å²) >= 11 is 0. The first-order valence-corrected chi connectivity index (χ1v) is 4.61. The highest BCUT2D eigenvalue weighted by atomic mass is 16.5. The van der Waals surface area contributed by atoms with E-state index in [0.29, 0.717) is 11.3 Å². The van der Waals surface area contributed by atoms with Crippen molar-refractivity contribution in [3.63, 3.8) is 0 Å². The van der Waals surface area contributed by atoms with Crippen LogP contribution in [0.4, 0.5) is 0 Å². The first-order chi connectivity index (χ1) is 7.19. The van der Waals surface area contributed by atoms with Gasteiger partial charge in [0.1, 0.15) is 17.9 Å². The number of aryl methyl sites for hydroxylation is 1. The van der Waals surface area contributed by atoms with Crippen molar-refractivity contribution in [3.05, 3.63) is 29.3 Å². The van der Waals surface area contributed by atoms with Crippen molar-refractivity contribution in [1.29, 1.82) is 0 Å². The van der Waals surface area contributed by atoms with Gasteiger partial charge in [0.05, 0.1) is 13.7 Å². The fourth-order valence-corrected chi connectivity index (χ4v) is 1.19. The third-order valence-corrected chi connectivity index (χ3v) is 1.89. The minimum absolute atomic E-state index is 0.0888. The van der Waals surface area contributed by atoms with E-state index in [1.54, 1.807) is 12.1 Å². The van der Waals surface area contributed by atoms with Gasteiger partial charge in [0.15, 0.2) is 0 Å². The van der Waals surface area contributed by atoms with Gasteiger partial charge in [-0.15, -0.1) is 0 Å². The molecule has 1 aromatic carbocycles. The Morgan fingerprint density at radius 2 is 2.20 bits per heavy atom. The largest absolute Gasteiger partial charge is 0.490 e. The van der Waals surface area contributed by atoms with E-state index in [-0.39, 0.29) is 13.2 Å². The van der Waals surface area contributed by atoms with Crippen LogP contribution < -0.4 is 4.74 Å². The minimum Gasteiger partial charge on any atom is -0.490 e. The first kappa shape index (κ1) is 11.5. The maximum Gasteiger partial charge on any atom is 0.341 e. The van der Waals surface area contributed by atoms with Crippen LogP contribution in [-0.2, 0) is 4.74 Å². The lowest BCUT2D eigenvalue weighted by Crippen LogP contribution is -2.08. The lowest BCUT2D eigenvalue weighted by atomic mass is 10.1. The van der Waals surface area contributed by atoms with Gasteiger partial charge in [-0.2, -0.15) is 0 Å². The molecule has 0 spiro atoms. The van der Waals surface area contributed by atoms with Crippen LogP contribution in [0.15, 0.2) is 18.2 Å². The van der Waals surface area contributed by atoms with Gasteiger partial charge in [0.25, 0.3) is 0 Å². The monoisotopic (exact) mass is 210 g/mol. The quantitative estimate of drug-likeness (QED) is 0.757. The topological polar surface area (TPSA) is 55.8 Å². The Labute approximate surface area is 88.4 Å². The van der Waals surface area contributed by atoms with Gasteiger partial charge in [0.2, 0.25) is 0 Å². The van der Waals surface area contributed by atoms with Gasteiger partial charge in [-0.05, 0) is 19.1 Å². The van der Waals surface area contributed by atoms with E-state index in [4.69, 9.17) is 9.84 Å². The number of hydrogen-bond donors (Lipinski definition) is 1. The summed E-state index contributed by atoms with van der Waals surface area (Å²) in [6.45, 7) is 1.95. The van der Waals surface area contributed by atoms with Crippen molar-refractivity contribution in [2.75, 3.05) is 20.3 Å². The van der Waals surface area contributed by atoms with E-state index in [1.807, 2.05) is 13.0 Å². The highest BCUT2D eigenvalue weighted by Gasteiger charge is 2.12. The highest BCUT2D eigenvalue weighted by Crippen LogP contribution is 2.20. The lowest BCUT2D eigenvalue weighted by molar-refractivity contribution is 0.0594. The molecule has 82 valence electrons. The SMILES string of the molecule is COC(=O)c1cc(C)ccc1OCCO. The molecule has 0 aliphatic rings. The van der Waals surface area contributed by atoms with Gasteiger partial charge >= 0.3 is 5.97 Å². The molecule has 1 N–H and O–H groups in total. The predicted molar refractivity (Wildman–Crippen MR) is 55.1 cm³/mol. The molecule has 4 heteroatoms. The first-order valence-electron chi connectivity index (χ1n) is 4.61. The zero-order valence-corrected chi connectivity index (χ0v) is 8.82. The van der Waals surface area contributed by atoms with Gasteiger partial charge in [0, 0.05) is 0 Å². The molecule has 0 unspecified atom stereocenters. The third-order valence-electron chi connectivity index (χ3n) is 1.89. The van der Waals surface area contributed by atoms with Crippen LogP contribution in [0.3, 0.4) is 0 Å². The molecule has 1 rings (SSSR count). The smallest absolute Gasteiger partial charge is 0.341 e. The number of methoxy groups -OCH3 is 1. The summed E-state index contributed by atoms with van der Waals surface area (Å²) in [5.74, 6) is -0.00635. The average Bonchev–Trinajstić information content (AvgIpc) is 2.26. The summed E-state index contributed by atoms with van der Waals surface area (Å²) < 4.78 is 9.84. The number of esters is 1. The summed E-state index contributed by atoms with van der Waals surface area (Å²) in [6.07, 6.45) is 0. The normalized spacial score (nSPS) is 9.80. The van der Waals surface area contributed by atoms with Crippen molar-refractivity contribution in [1.82, 2.24) is 0 Å². The van der Waals surface area contributed by atoms with E-state index >= 15 is 0 Å². The van der Waals surface area contributed by atoms with Crippen LogP contribution >= 0.6 is 0 Å². The molecule has 0 heterocycles. The van der Waals surface area contributed by atoms with Crippen LogP contribution in [0.5, 0.6) is 5.75 Å². The van der Waals surface area contributed by atoms with E-state index < -0.39 is 5.97 Å². The Hall–Kier alpha value is -1.55. The molecule has 0 saturated carbocycles. The Morgan fingerprint density at radius 1 is 1.47 bits per heavy atom. The van der Waals surface area contributed by atoms with Crippen molar-refractivity contribution in [3.8, 4) is 5.75 Å². The molecule has 0 bridgehead atoms. The number of benzene rings is 1. The van der Waals surface area contributed by atoms with Gasteiger partial charge in [-0.25, -0.2) is 4.79 Å². The number of aliphatic hydroxyl groups excluding tert-OH is 1. The number of hydrogen-bond acceptors (Lipinski definition) is 4.